The molecule has 1 amide bonds. The largest absolute Gasteiger partial charge is 0.465 e. The van der Waals surface area contributed by atoms with E-state index in [9.17, 15) is 19.7 Å². The normalized spacial score (nSPS) is 13.1. The van der Waals surface area contributed by atoms with E-state index >= 15 is 0 Å². The average molecular weight is 354 g/mol. The predicted octanol–water partition coefficient (Wildman–Crippen LogP) is 3.28. The SMILES string of the molecule is COC(=O)c1cccc2c1CCCN2C(=O)c1ccc([N+](=O)[O-])c(C)c1. The third-order valence-electron chi connectivity index (χ3n) is 4.54. The second kappa shape index (κ2) is 6.95. The van der Waals surface area contributed by atoms with Gasteiger partial charge in [-0.15, -0.1) is 0 Å². The fraction of sp³-hybridized carbons (Fsp3) is 0.263. The summed E-state index contributed by atoms with van der Waals surface area (Å²) in [5.41, 5.74) is 2.72. The first-order valence-electron chi connectivity index (χ1n) is 8.21. The topological polar surface area (TPSA) is 89.8 Å². The van der Waals surface area contributed by atoms with E-state index in [0.717, 1.165) is 12.0 Å². The second-order valence-corrected chi connectivity index (χ2v) is 6.11. The van der Waals surface area contributed by atoms with E-state index in [2.05, 4.69) is 0 Å². The minimum absolute atomic E-state index is 0.0198. The Morgan fingerprint density at radius 3 is 2.65 bits per heavy atom. The van der Waals surface area contributed by atoms with Crippen molar-refractivity contribution in [2.45, 2.75) is 19.8 Å². The van der Waals surface area contributed by atoms with E-state index in [1.165, 1.54) is 25.3 Å². The zero-order chi connectivity index (χ0) is 18.8. The lowest BCUT2D eigenvalue weighted by molar-refractivity contribution is -0.385. The van der Waals surface area contributed by atoms with Gasteiger partial charge in [-0.25, -0.2) is 4.79 Å². The van der Waals surface area contributed by atoms with Crippen LogP contribution in [0.3, 0.4) is 0 Å². The van der Waals surface area contributed by atoms with Crippen LogP contribution >= 0.6 is 0 Å². The molecule has 0 fully saturated rings. The molecule has 7 nitrogen and oxygen atoms in total. The molecule has 0 aliphatic carbocycles. The third-order valence-corrected chi connectivity index (χ3v) is 4.54. The van der Waals surface area contributed by atoms with E-state index in [1.807, 2.05) is 0 Å². The van der Waals surface area contributed by atoms with Crippen molar-refractivity contribution in [3.8, 4) is 0 Å². The number of aryl methyl sites for hydroxylation is 1. The first-order valence-corrected chi connectivity index (χ1v) is 8.21. The number of rotatable bonds is 3. The molecular formula is C19H18N2O5. The van der Waals surface area contributed by atoms with Gasteiger partial charge >= 0.3 is 5.97 Å². The summed E-state index contributed by atoms with van der Waals surface area (Å²) in [7, 11) is 1.33. The van der Waals surface area contributed by atoms with Crippen LogP contribution in [0.2, 0.25) is 0 Å². The lowest BCUT2D eigenvalue weighted by atomic mass is 9.95. The Morgan fingerprint density at radius 2 is 2.00 bits per heavy atom. The van der Waals surface area contributed by atoms with E-state index in [-0.39, 0.29) is 11.6 Å². The van der Waals surface area contributed by atoms with Crippen LogP contribution in [0.4, 0.5) is 11.4 Å². The Kier molecular flexibility index (Phi) is 4.71. The number of ether oxygens (including phenoxy) is 1. The van der Waals surface area contributed by atoms with Gasteiger partial charge in [0.05, 0.1) is 17.6 Å². The predicted molar refractivity (Wildman–Crippen MR) is 95.6 cm³/mol. The number of carbonyl (C=O) groups excluding carboxylic acids is 2. The van der Waals surface area contributed by atoms with Crippen LogP contribution < -0.4 is 4.90 Å². The summed E-state index contributed by atoms with van der Waals surface area (Å²) in [6, 6.07) is 9.55. The zero-order valence-electron chi connectivity index (χ0n) is 14.5. The van der Waals surface area contributed by atoms with Gasteiger partial charge in [-0.05, 0) is 49.6 Å². The summed E-state index contributed by atoms with van der Waals surface area (Å²) in [4.78, 5) is 37.1. The van der Waals surface area contributed by atoms with Crippen molar-refractivity contribution in [2.75, 3.05) is 18.6 Å². The van der Waals surface area contributed by atoms with Crippen LogP contribution in [-0.4, -0.2) is 30.5 Å². The van der Waals surface area contributed by atoms with E-state index in [4.69, 9.17) is 4.74 Å². The molecule has 3 rings (SSSR count). The number of hydrogen-bond donors (Lipinski definition) is 0. The van der Waals surface area contributed by atoms with Crippen molar-refractivity contribution >= 4 is 23.3 Å². The van der Waals surface area contributed by atoms with Crippen molar-refractivity contribution in [1.29, 1.82) is 0 Å². The summed E-state index contributed by atoms with van der Waals surface area (Å²) in [5.74, 6) is -0.673. The van der Waals surface area contributed by atoms with Crippen molar-refractivity contribution in [3.63, 3.8) is 0 Å². The van der Waals surface area contributed by atoms with E-state index in [0.29, 0.717) is 35.3 Å². The Morgan fingerprint density at radius 1 is 1.23 bits per heavy atom. The van der Waals surface area contributed by atoms with Crippen molar-refractivity contribution < 1.29 is 19.2 Å². The molecule has 0 N–H and O–H groups in total. The minimum atomic E-state index is -0.470. The van der Waals surface area contributed by atoms with Gasteiger partial charge in [-0.1, -0.05) is 6.07 Å². The number of hydrogen-bond acceptors (Lipinski definition) is 5. The molecule has 0 bridgehead atoms. The number of fused-ring (bicyclic) bond motifs is 1. The second-order valence-electron chi connectivity index (χ2n) is 6.11. The molecule has 0 saturated heterocycles. The number of nitro groups is 1. The summed E-state index contributed by atoms with van der Waals surface area (Å²) >= 11 is 0. The molecule has 0 spiro atoms. The number of carbonyl (C=O) groups is 2. The summed E-state index contributed by atoms with van der Waals surface area (Å²) < 4.78 is 4.83. The number of benzene rings is 2. The summed E-state index contributed by atoms with van der Waals surface area (Å²) in [6.45, 7) is 2.13. The smallest absolute Gasteiger partial charge is 0.338 e. The fourth-order valence-corrected chi connectivity index (χ4v) is 3.29. The highest BCUT2D eigenvalue weighted by Crippen LogP contribution is 2.32. The van der Waals surface area contributed by atoms with Crippen LogP contribution in [0.1, 0.15) is 38.3 Å². The van der Waals surface area contributed by atoms with E-state index in [1.54, 1.807) is 30.0 Å². The third kappa shape index (κ3) is 3.03. The van der Waals surface area contributed by atoms with Crippen LogP contribution in [0.25, 0.3) is 0 Å². The monoisotopic (exact) mass is 354 g/mol. The molecule has 1 aliphatic heterocycles. The van der Waals surface area contributed by atoms with Crippen molar-refractivity contribution in [1.82, 2.24) is 0 Å². The van der Waals surface area contributed by atoms with E-state index < -0.39 is 10.9 Å². The quantitative estimate of drug-likeness (QED) is 0.479. The molecule has 0 saturated carbocycles. The fourth-order valence-electron chi connectivity index (χ4n) is 3.29. The Hall–Kier alpha value is -3.22. The molecule has 2 aromatic carbocycles. The lowest BCUT2D eigenvalue weighted by Crippen LogP contribution is -2.36. The molecular weight excluding hydrogens is 336 g/mol. The van der Waals surface area contributed by atoms with Crippen LogP contribution in [0.15, 0.2) is 36.4 Å². The number of nitrogens with zero attached hydrogens (tertiary/aromatic N) is 2. The molecule has 0 radical (unpaired) electrons. The number of amides is 1. The van der Waals surface area contributed by atoms with Gasteiger partial charge in [0, 0.05) is 29.4 Å². The maximum Gasteiger partial charge on any atom is 0.338 e. The van der Waals surface area contributed by atoms with Crippen molar-refractivity contribution in [2.24, 2.45) is 0 Å². The van der Waals surface area contributed by atoms with Crippen LogP contribution in [-0.2, 0) is 11.2 Å². The van der Waals surface area contributed by atoms with Crippen LogP contribution in [0.5, 0.6) is 0 Å². The molecule has 26 heavy (non-hydrogen) atoms. The van der Waals surface area contributed by atoms with Gasteiger partial charge in [0.2, 0.25) is 0 Å². The number of methoxy groups -OCH3 is 1. The first-order chi connectivity index (χ1) is 12.4. The highest BCUT2D eigenvalue weighted by Gasteiger charge is 2.27. The highest BCUT2D eigenvalue weighted by atomic mass is 16.6. The highest BCUT2D eigenvalue weighted by molar-refractivity contribution is 6.08. The molecule has 0 aromatic heterocycles. The Balaban J connectivity index is 2.00. The molecule has 0 atom stereocenters. The number of nitro benzene ring substituents is 1. The average Bonchev–Trinajstić information content (AvgIpc) is 2.65. The zero-order valence-corrected chi connectivity index (χ0v) is 14.5. The molecule has 0 unspecified atom stereocenters. The maximum atomic E-state index is 13.0. The summed E-state index contributed by atoms with van der Waals surface area (Å²) in [5, 5.41) is 11.0. The van der Waals surface area contributed by atoms with Gasteiger partial charge in [0.1, 0.15) is 0 Å². The van der Waals surface area contributed by atoms with Gasteiger partial charge in [0.15, 0.2) is 0 Å². The molecule has 134 valence electrons. The molecule has 1 aliphatic rings. The molecule has 2 aromatic rings. The summed E-state index contributed by atoms with van der Waals surface area (Å²) in [6.07, 6.45) is 1.41. The lowest BCUT2D eigenvalue weighted by Gasteiger charge is -2.30. The number of esters is 1. The van der Waals surface area contributed by atoms with Gasteiger partial charge in [0.25, 0.3) is 11.6 Å². The minimum Gasteiger partial charge on any atom is -0.465 e. The standard InChI is InChI=1S/C19H18N2O5/c1-12-11-13(8-9-16(12)21(24)25)18(22)20-10-4-6-14-15(19(23)26-2)5-3-7-17(14)20/h3,5,7-9,11H,4,6,10H2,1-2H3. The first kappa shape index (κ1) is 17.6. The Labute approximate surface area is 150 Å². The Bertz CT molecular complexity index is 907. The number of anilines is 1. The van der Waals surface area contributed by atoms with Crippen molar-refractivity contribution in [3.05, 3.63) is 68.8 Å². The van der Waals surface area contributed by atoms with Crippen LogP contribution in [0, 0.1) is 17.0 Å². The van der Waals surface area contributed by atoms with Gasteiger partial charge in [-0.2, -0.15) is 0 Å². The molecule has 1 heterocycles. The maximum absolute atomic E-state index is 13.0. The molecule has 7 heteroatoms. The van der Waals surface area contributed by atoms with Gasteiger partial charge < -0.3 is 9.64 Å². The van der Waals surface area contributed by atoms with Gasteiger partial charge in [-0.3, -0.25) is 14.9 Å².